The first kappa shape index (κ1) is 13.3. The van der Waals surface area contributed by atoms with Gasteiger partial charge in [0.2, 0.25) is 0 Å². The molecule has 2 heterocycles. The molecule has 0 saturated carbocycles. The number of benzene rings is 1. The summed E-state index contributed by atoms with van der Waals surface area (Å²) in [4.78, 5) is 18.5. The van der Waals surface area contributed by atoms with Crippen LogP contribution >= 0.6 is 11.3 Å². The van der Waals surface area contributed by atoms with Gasteiger partial charge in [0.25, 0.3) is 5.91 Å². The van der Waals surface area contributed by atoms with Crippen LogP contribution in [-0.2, 0) is 6.54 Å². The SMILES string of the molecule is O=C(Nc1nccs1)c1ccc(CN2CCCC2)cc1. The van der Waals surface area contributed by atoms with Gasteiger partial charge in [-0.2, -0.15) is 0 Å². The number of hydrogen-bond donors (Lipinski definition) is 1. The minimum absolute atomic E-state index is 0.104. The van der Waals surface area contributed by atoms with Gasteiger partial charge in [-0.3, -0.25) is 15.0 Å². The van der Waals surface area contributed by atoms with E-state index in [4.69, 9.17) is 0 Å². The molecule has 104 valence electrons. The van der Waals surface area contributed by atoms with E-state index in [-0.39, 0.29) is 5.91 Å². The van der Waals surface area contributed by atoms with Crippen LogP contribution in [0.15, 0.2) is 35.8 Å². The minimum atomic E-state index is -0.104. The van der Waals surface area contributed by atoms with E-state index in [0.29, 0.717) is 10.7 Å². The standard InChI is InChI=1S/C15H17N3OS/c19-14(17-15-16-7-10-20-15)13-5-3-12(4-6-13)11-18-8-1-2-9-18/h3-7,10H,1-2,8-9,11H2,(H,16,17,19). The van der Waals surface area contributed by atoms with Crippen molar-refractivity contribution in [3.05, 3.63) is 47.0 Å². The van der Waals surface area contributed by atoms with E-state index in [1.54, 1.807) is 6.20 Å². The lowest BCUT2D eigenvalue weighted by Gasteiger charge is -2.14. The second-order valence-electron chi connectivity index (χ2n) is 4.97. The molecular weight excluding hydrogens is 270 g/mol. The molecule has 1 fully saturated rings. The van der Waals surface area contributed by atoms with Gasteiger partial charge in [-0.05, 0) is 43.6 Å². The van der Waals surface area contributed by atoms with Crippen molar-refractivity contribution in [2.75, 3.05) is 18.4 Å². The molecule has 1 N–H and O–H groups in total. The summed E-state index contributed by atoms with van der Waals surface area (Å²) in [6.45, 7) is 3.35. The first-order chi connectivity index (χ1) is 9.81. The fourth-order valence-corrected chi connectivity index (χ4v) is 2.94. The lowest BCUT2D eigenvalue weighted by atomic mass is 10.1. The van der Waals surface area contributed by atoms with Crippen molar-refractivity contribution < 1.29 is 4.79 Å². The Kier molecular flexibility index (Phi) is 4.08. The van der Waals surface area contributed by atoms with Crippen LogP contribution in [0.3, 0.4) is 0 Å². The number of amides is 1. The molecule has 5 heteroatoms. The number of rotatable bonds is 4. The van der Waals surface area contributed by atoms with Gasteiger partial charge in [-0.1, -0.05) is 12.1 Å². The van der Waals surface area contributed by atoms with Gasteiger partial charge in [-0.15, -0.1) is 11.3 Å². The van der Waals surface area contributed by atoms with Crippen molar-refractivity contribution >= 4 is 22.4 Å². The number of thiazole rings is 1. The molecule has 0 bridgehead atoms. The van der Waals surface area contributed by atoms with E-state index in [9.17, 15) is 4.79 Å². The quantitative estimate of drug-likeness (QED) is 0.940. The lowest BCUT2D eigenvalue weighted by molar-refractivity contribution is 0.102. The van der Waals surface area contributed by atoms with Crippen molar-refractivity contribution in [3.63, 3.8) is 0 Å². The number of nitrogens with one attached hydrogen (secondary N) is 1. The Bertz CT molecular complexity index is 559. The summed E-state index contributed by atoms with van der Waals surface area (Å²) in [7, 11) is 0. The molecule has 0 unspecified atom stereocenters. The monoisotopic (exact) mass is 287 g/mol. The number of nitrogens with zero attached hydrogens (tertiary/aromatic N) is 2. The van der Waals surface area contributed by atoms with Crippen LogP contribution in [0.4, 0.5) is 5.13 Å². The molecule has 20 heavy (non-hydrogen) atoms. The fourth-order valence-electron chi connectivity index (χ4n) is 2.41. The summed E-state index contributed by atoms with van der Waals surface area (Å²) < 4.78 is 0. The molecular formula is C15H17N3OS. The Morgan fingerprint density at radius 2 is 2.00 bits per heavy atom. The molecule has 1 aromatic heterocycles. The second-order valence-corrected chi connectivity index (χ2v) is 5.87. The van der Waals surface area contributed by atoms with Gasteiger partial charge in [0.1, 0.15) is 0 Å². The number of anilines is 1. The number of carbonyl (C=O) groups is 1. The summed E-state index contributed by atoms with van der Waals surface area (Å²) in [5.41, 5.74) is 1.93. The zero-order valence-electron chi connectivity index (χ0n) is 11.2. The Balaban J connectivity index is 1.61. The predicted octanol–water partition coefficient (Wildman–Crippen LogP) is 2.99. The minimum Gasteiger partial charge on any atom is -0.299 e. The molecule has 1 aliphatic heterocycles. The molecule has 0 atom stereocenters. The first-order valence-corrected chi connectivity index (χ1v) is 7.71. The lowest BCUT2D eigenvalue weighted by Crippen LogP contribution is -2.18. The highest BCUT2D eigenvalue weighted by Gasteiger charge is 2.12. The summed E-state index contributed by atoms with van der Waals surface area (Å²) in [5, 5.41) is 5.27. The van der Waals surface area contributed by atoms with Crippen molar-refractivity contribution in [1.82, 2.24) is 9.88 Å². The zero-order chi connectivity index (χ0) is 13.8. The molecule has 0 radical (unpaired) electrons. The van der Waals surface area contributed by atoms with E-state index in [1.165, 1.54) is 42.8 Å². The molecule has 1 aliphatic rings. The van der Waals surface area contributed by atoms with Gasteiger partial charge in [0.05, 0.1) is 0 Å². The van der Waals surface area contributed by atoms with Crippen LogP contribution in [-0.4, -0.2) is 28.9 Å². The topological polar surface area (TPSA) is 45.2 Å². The van der Waals surface area contributed by atoms with E-state index in [2.05, 4.69) is 15.2 Å². The van der Waals surface area contributed by atoms with Gasteiger partial charge < -0.3 is 0 Å². The van der Waals surface area contributed by atoms with Crippen LogP contribution in [0.25, 0.3) is 0 Å². The number of carbonyl (C=O) groups excluding carboxylic acids is 1. The highest BCUT2D eigenvalue weighted by molar-refractivity contribution is 7.13. The maximum absolute atomic E-state index is 12.0. The van der Waals surface area contributed by atoms with E-state index in [0.717, 1.165) is 6.54 Å². The van der Waals surface area contributed by atoms with Crippen LogP contribution in [0, 0.1) is 0 Å². The first-order valence-electron chi connectivity index (χ1n) is 6.83. The Hall–Kier alpha value is -1.72. The van der Waals surface area contributed by atoms with E-state index < -0.39 is 0 Å². The molecule has 1 aromatic carbocycles. The average Bonchev–Trinajstić information content (AvgIpc) is 3.13. The Labute approximate surface area is 122 Å². The molecule has 1 amide bonds. The summed E-state index contributed by atoms with van der Waals surface area (Å²) >= 11 is 1.42. The number of likely N-dealkylation sites (tertiary alicyclic amines) is 1. The van der Waals surface area contributed by atoms with Gasteiger partial charge in [0.15, 0.2) is 5.13 Å². The maximum Gasteiger partial charge on any atom is 0.257 e. The average molecular weight is 287 g/mol. The molecule has 0 aliphatic carbocycles. The number of hydrogen-bond acceptors (Lipinski definition) is 4. The third-order valence-corrected chi connectivity index (χ3v) is 4.16. The van der Waals surface area contributed by atoms with Crippen LogP contribution in [0.1, 0.15) is 28.8 Å². The summed E-state index contributed by atoms with van der Waals surface area (Å²) in [6, 6.07) is 7.84. The van der Waals surface area contributed by atoms with Crippen LogP contribution < -0.4 is 5.32 Å². The van der Waals surface area contributed by atoms with Crippen molar-refractivity contribution in [1.29, 1.82) is 0 Å². The van der Waals surface area contributed by atoms with Gasteiger partial charge >= 0.3 is 0 Å². The summed E-state index contributed by atoms with van der Waals surface area (Å²) in [6.07, 6.45) is 4.28. The molecule has 2 aromatic rings. The molecule has 0 spiro atoms. The third kappa shape index (κ3) is 3.23. The predicted molar refractivity (Wildman–Crippen MR) is 81.0 cm³/mol. The third-order valence-electron chi connectivity index (χ3n) is 3.47. The van der Waals surface area contributed by atoms with Crippen LogP contribution in [0.5, 0.6) is 0 Å². The molecule has 1 saturated heterocycles. The van der Waals surface area contributed by atoms with Crippen molar-refractivity contribution in [2.45, 2.75) is 19.4 Å². The zero-order valence-corrected chi connectivity index (χ0v) is 12.0. The normalized spacial score (nSPS) is 15.4. The highest BCUT2D eigenvalue weighted by Crippen LogP contribution is 2.15. The highest BCUT2D eigenvalue weighted by atomic mass is 32.1. The second kappa shape index (κ2) is 6.15. The smallest absolute Gasteiger partial charge is 0.257 e. The van der Waals surface area contributed by atoms with Crippen molar-refractivity contribution in [2.24, 2.45) is 0 Å². The largest absolute Gasteiger partial charge is 0.299 e. The fraction of sp³-hybridized carbons (Fsp3) is 0.333. The number of aromatic nitrogens is 1. The Morgan fingerprint density at radius 1 is 1.25 bits per heavy atom. The van der Waals surface area contributed by atoms with Gasteiger partial charge in [-0.25, -0.2) is 4.98 Å². The molecule has 3 rings (SSSR count). The van der Waals surface area contributed by atoms with E-state index in [1.807, 2.05) is 29.6 Å². The summed E-state index contributed by atoms with van der Waals surface area (Å²) in [5.74, 6) is -0.104. The Morgan fingerprint density at radius 3 is 2.65 bits per heavy atom. The van der Waals surface area contributed by atoms with Crippen molar-refractivity contribution in [3.8, 4) is 0 Å². The maximum atomic E-state index is 12.0. The molecule has 4 nitrogen and oxygen atoms in total. The van der Waals surface area contributed by atoms with Crippen LogP contribution in [0.2, 0.25) is 0 Å². The van der Waals surface area contributed by atoms with E-state index >= 15 is 0 Å². The van der Waals surface area contributed by atoms with Gasteiger partial charge in [0, 0.05) is 23.7 Å².